The van der Waals surface area contributed by atoms with Gasteiger partial charge in [0, 0.05) is 6.92 Å². The van der Waals surface area contributed by atoms with Crippen LogP contribution in [0.4, 0.5) is 26.3 Å². The van der Waals surface area contributed by atoms with Gasteiger partial charge in [-0.25, -0.2) is 0 Å². The molecule has 1 aromatic carbocycles. The lowest BCUT2D eigenvalue weighted by Crippen LogP contribution is -2.65. The molecule has 1 amide bonds. The Kier molecular flexibility index (Phi) is 6.67. The molecule has 0 spiro atoms. The fourth-order valence-corrected chi connectivity index (χ4v) is 2.70. The van der Waals surface area contributed by atoms with E-state index in [4.69, 9.17) is 9.47 Å². The van der Waals surface area contributed by atoms with Gasteiger partial charge in [-0.2, -0.15) is 26.3 Å². The van der Waals surface area contributed by atoms with Crippen molar-refractivity contribution < 1.29 is 55.9 Å². The number of benzene rings is 1. The molecule has 7 nitrogen and oxygen atoms in total. The Labute approximate surface area is 159 Å². The predicted molar refractivity (Wildman–Crippen MR) is 82.4 cm³/mol. The summed E-state index contributed by atoms with van der Waals surface area (Å²) in [5, 5.41) is 31.3. The minimum absolute atomic E-state index is 0.102. The maximum absolute atomic E-state index is 13.0. The highest BCUT2D eigenvalue weighted by Crippen LogP contribution is 2.39. The number of hydrogen-bond donors (Lipinski definition) is 4. The van der Waals surface area contributed by atoms with Crippen molar-refractivity contribution in [3.05, 3.63) is 29.3 Å². The molecule has 13 heteroatoms. The molecule has 0 bridgehead atoms. The van der Waals surface area contributed by atoms with Crippen molar-refractivity contribution in [3.63, 3.8) is 0 Å². The number of aliphatic hydroxyl groups is 3. The van der Waals surface area contributed by atoms with Crippen LogP contribution in [0.3, 0.4) is 0 Å². The molecule has 0 unspecified atom stereocenters. The first-order valence-electron chi connectivity index (χ1n) is 8.09. The van der Waals surface area contributed by atoms with E-state index < -0.39 is 72.4 Å². The van der Waals surface area contributed by atoms with Crippen LogP contribution in [0.25, 0.3) is 0 Å². The fraction of sp³-hybridized carbons (Fsp3) is 0.562. The van der Waals surface area contributed by atoms with Crippen LogP contribution >= 0.6 is 0 Å². The molecule has 0 aliphatic carbocycles. The molecule has 1 aromatic rings. The number of rotatable bonds is 4. The van der Waals surface area contributed by atoms with Gasteiger partial charge in [0.2, 0.25) is 12.2 Å². The van der Waals surface area contributed by atoms with E-state index >= 15 is 0 Å². The molecule has 1 saturated heterocycles. The van der Waals surface area contributed by atoms with Crippen LogP contribution in [0.2, 0.25) is 0 Å². The van der Waals surface area contributed by atoms with E-state index in [1.54, 1.807) is 0 Å². The second-order valence-electron chi connectivity index (χ2n) is 6.29. The molecular weight excluding hydrogens is 416 g/mol. The van der Waals surface area contributed by atoms with Gasteiger partial charge in [-0.05, 0) is 18.2 Å². The largest absolute Gasteiger partial charge is 0.463 e. The SMILES string of the molecule is CC(=O)N[C@H]1[C@@H](Oc2cc(C(F)(F)F)cc(C(F)(F)F)c2)O[C@@H](CO)[C@@H](O)[C@@H]1O. The molecule has 5 atom stereocenters. The quantitative estimate of drug-likeness (QED) is 0.529. The number of hydrogen-bond acceptors (Lipinski definition) is 6. The average molecular weight is 433 g/mol. The Morgan fingerprint density at radius 2 is 1.59 bits per heavy atom. The summed E-state index contributed by atoms with van der Waals surface area (Å²) in [6.07, 6.45) is -17.0. The van der Waals surface area contributed by atoms with Crippen molar-refractivity contribution in [1.82, 2.24) is 5.32 Å². The lowest BCUT2D eigenvalue weighted by molar-refractivity contribution is -0.244. The first kappa shape index (κ1) is 23.2. The lowest BCUT2D eigenvalue weighted by Gasteiger charge is -2.42. The van der Waals surface area contributed by atoms with Gasteiger partial charge in [0.25, 0.3) is 0 Å². The van der Waals surface area contributed by atoms with Crippen molar-refractivity contribution in [2.24, 2.45) is 0 Å². The molecule has 29 heavy (non-hydrogen) atoms. The van der Waals surface area contributed by atoms with Gasteiger partial charge in [0.1, 0.15) is 30.1 Å². The van der Waals surface area contributed by atoms with Crippen molar-refractivity contribution in [2.75, 3.05) is 6.61 Å². The average Bonchev–Trinajstić information content (AvgIpc) is 2.59. The third-order valence-corrected chi connectivity index (χ3v) is 4.06. The van der Waals surface area contributed by atoms with E-state index in [0.29, 0.717) is 0 Å². The number of ether oxygens (including phenoxy) is 2. The minimum atomic E-state index is -5.12. The van der Waals surface area contributed by atoms with Crippen LogP contribution in [-0.4, -0.2) is 58.5 Å². The minimum Gasteiger partial charge on any atom is -0.463 e. The zero-order valence-electron chi connectivity index (χ0n) is 14.7. The lowest BCUT2D eigenvalue weighted by atomic mass is 9.97. The van der Waals surface area contributed by atoms with Crippen LogP contribution < -0.4 is 10.1 Å². The zero-order valence-corrected chi connectivity index (χ0v) is 14.7. The van der Waals surface area contributed by atoms with E-state index in [1.807, 2.05) is 0 Å². The van der Waals surface area contributed by atoms with Gasteiger partial charge in [0.05, 0.1) is 17.7 Å². The molecule has 0 aromatic heterocycles. The number of aliphatic hydroxyl groups excluding tert-OH is 3. The number of carbonyl (C=O) groups is 1. The summed E-state index contributed by atoms with van der Waals surface area (Å²) in [4.78, 5) is 11.3. The maximum Gasteiger partial charge on any atom is 0.416 e. The topological polar surface area (TPSA) is 108 Å². The summed E-state index contributed by atoms with van der Waals surface area (Å²) >= 11 is 0. The monoisotopic (exact) mass is 433 g/mol. The van der Waals surface area contributed by atoms with E-state index in [2.05, 4.69) is 5.32 Å². The van der Waals surface area contributed by atoms with E-state index in [9.17, 15) is 46.5 Å². The molecule has 0 radical (unpaired) electrons. The molecule has 1 aliphatic heterocycles. The Morgan fingerprint density at radius 3 is 2.00 bits per heavy atom. The molecule has 1 aliphatic rings. The third kappa shape index (κ3) is 5.50. The highest BCUT2D eigenvalue weighted by molar-refractivity contribution is 5.73. The summed E-state index contributed by atoms with van der Waals surface area (Å²) < 4.78 is 88.1. The number of carbonyl (C=O) groups excluding carboxylic acids is 1. The predicted octanol–water partition coefficient (Wildman–Crippen LogP) is 1.05. The number of nitrogens with one attached hydrogen (secondary N) is 1. The molecule has 2 rings (SSSR count). The number of amides is 1. The standard InChI is InChI=1S/C16H17F6NO6/c1-6(25)23-11-13(27)12(26)10(5-24)29-14(11)28-9-3-7(15(17,18)19)2-8(4-9)16(20,21)22/h2-4,10-14,24,26-27H,5H2,1H3,(H,23,25)/t10-,11+,12+,13+,14-/m0/s1. The third-order valence-electron chi connectivity index (χ3n) is 4.06. The first-order valence-corrected chi connectivity index (χ1v) is 8.09. The first-order chi connectivity index (χ1) is 13.2. The van der Waals surface area contributed by atoms with E-state index in [0.717, 1.165) is 6.92 Å². The summed E-state index contributed by atoms with van der Waals surface area (Å²) in [5.41, 5.74) is -3.29. The Hall–Kier alpha value is -2.09. The van der Waals surface area contributed by atoms with Gasteiger partial charge in [-0.15, -0.1) is 0 Å². The summed E-state index contributed by atoms with van der Waals surface area (Å²) in [5.74, 6) is -1.66. The molecule has 164 valence electrons. The van der Waals surface area contributed by atoms with Crippen molar-refractivity contribution in [2.45, 2.75) is 49.9 Å². The number of alkyl halides is 6. The van der Waals surface area contributed by atoms with E-state index in [1.165, 1.54) is 0 Å². The molecule has 1 heterocycles. The van der Waals surface area contributed by atoms with Crippen LogP contribution in [0, 0.1) is 0 Å². The summed E-state index contributed by atoms with van der Waals surface area (Å²) in [6, 6.07) is -1.08. The van der Waals surface area contributed by atoms with Gasteiger partial charge in [0.15, 0.2) is 0 Å². The van der Waals surface area contributed by atoms with Gasteiger partial charge in [-0.1, -0.05) is 0 Å². The smallest absolute Gasteiger partial charge is 0.416 e. The van der Waals surface area contributed by atoms with Crippen LogP contribution in [0.5, 0.6) is 5.75 Å². The summed E-state index contributed by atoms with van der Waals surface area (Å²) in [7, 11) is 0. The Morgan fingerprint density at radius 1 is 1.07 bits per heavy atom. The van der Waals surface area contributed by atoms with Crippen LogP contribution in [0.1, 0.15) is 18.1 Å². The van der Waals surface area contributed by atoms with Crippen LogP contribution in [0.15, 0.2) is 18.2 Å². The fourth-order valence-electron chi connectivity index (χ4n) is 2.70. The van der Waals surface area contributed by atoms with Gasteiger partial charge < -0.3 is 30.1 Å². The van der Waals surface area contributed by atoms with Gasteiger partial charge >= 0.3 is 12.4 Å². The normalized spacial score (nSPS) is 28.1. The van der Waals surface area contributed by atoms with Gasteiger partial charge in [-0.3, -0.25) is 4.79 Å². The second-order valence-corrected chi connectivity index (χ2v) is 6.29. The molecule has 4 N–H and O–H groups in total. The second kappa shape index (κ2) is 8.34. The Balaban J connectivity index is 2.43. The summed E-state index contributed by atoms with van der Waals surface area (Å²) in [6.45, 7) is 0.168. The zero-order chi connectivity index (χ0) is 22.1. The maximum atomic E-state index is 13.0. The molecule has 1 fully saturated rings. The molecule has 0 saturated carbocycles. The highest BCUT2D eigenvalue weighted by atomic mass is 19.4. The van der Waals surface area contributed by atoms with Crippen molar-refractivity contribution in [1.29, 1.82) is 0 Å². The highest BCUT2D eigenvalue weighted by Gasteiger charge is 2.46. The van der Waals surface area contributed by atoms with Crippen molar-refractivity contribution in [3.8, 4) is 5.75 Å². The van der Waals surface area contributed by atoms with Crippen molar-refractivity contribution >= 4 is 5.91 Å². The van der Waals surface area contributed by atoms with E-state index in [-0.39, 0.29) is 18.2 Å². The van der Waals surface area contributed by atoms with Crippen LogP contribution in [-0.2, 0) is 21.9 Å². The Bertz CT molecular complexity index is 707. The number of halogens is 6. The molecular formula is C16H17F6NO6.